The molecule has 0 N–H and O–H groups in total. The van der Waals surface area contributed by atoms with E-state index in [-0.39, 0.29) is 12.0 Å². The lowest BCUT2D eigenvalue weighted by Crippen LogP contribution is -2.44. The third kappa shape index (κ3) is 2.95. The number of rotatable bonds is 2. The second-order valence-corrected chi connectivity index (χ2v) is 5.44. The maximum Gasteiger partial charge on any atom is 0.255 e. The van der Waals surface area contributed by atoms with Gasteiger partial charge in [-0.2, -0.15) is 0 Å². The van der Waals surface area contributed by atoms with Crippen LogP contribution in [0.4, 0.5) is 0 Å². The molecule has 1 atom stereocenters. The predicted molar refractivity (Wildman–Crippen MR) is 77.0 cm³/mol. The van der Waals surface area contributed by atoms with E-state index >= 15 is 0 Å². The summed E-state index contributed by atoms with van der Waals surface area (Å²) in [6.07, 6.45) is 0.110. The van der Waals surface area contributed by atoms with Crippen molar-refractivity contribution in [2.75, 3.05) is 26.8 Å². The van der Waals surface area contributed by atoms with Gasteiger partial charge in [0.15, 0.2) is 0 Å². The van der Waals surface area contributed by atoms with Gasteiger partial charge in [-0.1, -0.05) is 0 Å². The molecule has 1 aliphatic heterocycles. The van der Waals surface area contributed by atoms with Gasteiger partial charge in [-0.15, -0.1) is 0 Å². The number of carbonyl (C=O) groups excluding carboxylic acids is 1. The fourth-order valence-corrected chi connectivity index (χ4v) is 2.69. The Morgan fingerprint density at radius 3 is 2.94 bits per heavy atom. The summed E-state index contributed by atoms with van der Waals surface area (Å²) in [7, 11) is 1.62. The molecular weight excluding hydrogens is 345 g/mol. The number of halogens is 1. The molecular formula is C13H16INO3. The Morgan fingerprint density at radius 2 is 2.33 bits per heavy atom. The summed E-state index contributed by atoms with van der Waals surface area (Å²) in [5.74, 6) is 0.837. The van der Waals surface area contributed by atoms with E-state index in [1.165, 1.54) is 0 Å². The van der Waals surface area contributed by atoms with Gasteiger partial charge in [-0.3, -0.25) is 4.79 Å². The van der Waals surface area contributed by atoms with Crippen LogP contribution in [-0.2, 0) is 4.74 Å². The fraction of sp³-hybridized carbons (Fsp3) is 0.462. The van der Waals surface area contributed by atoms with E-state index in [9.17, 15) is 4.79 Å². The molecule has 1 amide bonds. The first-order valence-electron chi connectivity index (χ1n) is 5.86. The van der Waals surface area contributed by atoms with Crippen molar-refractivity contribution in [2.45, 2.75) is 13.0 Å². The lowest BCUT2D eigenvalue weighted by molar-refractivity contribution is -0.0124. The molecule has 0 unspecified atom stereocenters. The monoisotopic (exact) mass is 361 g/mol. The Labute approximate surface area is 120 Å². The lowest BCUT2D eigenvalue weighted by Gasteiger charge is -2.31. The fourth-order valence-electron chi connectivity index (χ4n) is 1.97. The van der Waals surface area contributed by atoms with Crippen molar-refractivity contribution in [3.8, 4) is 5.75 Å². The number of morpholine rings is 1. The number of carbonyl (C=O) groups is 1. The SMILES string of the molecule is COc1ccc(C(=O)N2CCO[C@@H](C)C2)c(I)c1. The molecule has 0 bridgehead atoms. The van der Waals surface area contributed by atoms with Gasteiger partial charge in [0.1, 0.15) is 5.75 Å². The first-order chi connectivity index (χ1) is 8.61. The topological polar surface area (TPSA) is 38.8 Å². The number of methoxy groups -OCH3 is 1. The highest BCUT2D eigenvalue weighted by Crippen LogP contribution is 2.21. The number of benzene rings is 1. The van der Waals surface area contributed by atoms with Crippen molar-refractivity contribution in [3.63, 3.8) is 0 Å². The van der Waals surface area contributed by atoms with Crippen LogP contribution in [0.5, 0.6) is 5.75 Å². The first-order valence-corrected chi connectivity index (χ1v) is 6.94. The van der Waals surface area contributed by atoms with Gasteiger partial charge in [0.25, 0.3) is 5.91 Å². The summed E-state index contributed by atoms with van der Waals surface area (Å²) in [6.45, 7) is 3.91. The molecule has 1 aromatic rings. The normalized spacial score (nSPS) is 19.7. The average molecular weight is 361 g/mol. The van der Waals surface area contributed by atoms with Gasteiger partial charge in [0.05, 0.1) is 25.4 Å². The molecule has 0 spiro atoms. The van der Waals surface area contributed by atoms with E-state index in [4.69, 9.17) is 9.47 Å². The number of hydrogen-bond donors (Lipinski definition) is 0. The molecule has 1 saturated heterocycles. The number of ether oxygens (including phenoxy) is 2. The van der Waals surface area contributed by atoms with Crippen LogP contribution in [-0.4, -0.2) is 43.7 Å². The summed E-state index contributed by atoms with van der Waals surface area (Å²) in [5.41, 5.74) is 0.727. The Bertz CT molecular complexity index is 450. The minimum Gasteiger partial charge on any atom is -0.497 e. The second kappa shape index (κ2) is 5.88. The van der Waals surface area contributed by atoms with Crippen LogP contribution in [0, 0.1) is 3.57 Å². The Kier molecular flexibility index (Phi) is 4.45. The minimum absolute atomic E-state index is 0.0669. The number of hydrogen-bond acceptors (Lipinski definition) is 3. The minimum atomic E-state index is 0.0669. The van der Waals surface area contributed by atoms with Gasteiger partial charge < -0.3 is 14.4 Å². The second-order valence-electron chi connectivity index (χ2n) is 4.28. The van der Waals surface area contributed by atoms with Crippen LogP contribution < -0.4 is 4.74 Å². The largest absolute Gasteiger partial charge is 0.497 e. The summed E-state index contributed by atoms with van der Waals surface area (Å²) >= 11 is 2.17. The molecule has 18 heavy (non-hydrogen) atoms. The molecule has 2 rings (SSSR count). The lowest BCUT2D eigenvalue weighted by atomic mass is 10.1. The van der Waals surface area contributed by atoms with Crippen LogP contribution in [0.25, 0.3) is 0 Å². The van der Waals surface area contributed by atoms with Crippen LogP contribution in [0.15, 0.2) is 18.2 Å². The average Bonchev–Trinajstić information content (AvgIpc) is 2.37. The molecule has 1 fully saturated rings. The Hall–Kier alpha value is -0.820. The zero-order valence-electron chi connectivity index (χ0n) is 10.5. The van der Waals surface area contributed by atoms with Crippen molar-refractivity contribution >= 4 is 28.5 Å². The molecule has 0 aromatic heterocycles. The van der Waals surface area contributed by atoms with E-state index in [1.807, 2.05) is 30.0 Å². The number of amides is 1. The highest BCUT2D eigenvalue weighted by molar-refractivity contribution is 14.1. The molecule has 1 aromatic carbocycles. The summed E-state index contributed by atoms with van der Waals surface area (Å²) in [6, 6.07) is 5.51. The standard InChI is InChI=1S/C13H16INO3/c1-9-8-15(5-6-18-9)13(16)11-4-3-10(17-2)7-12(11)14/h3-4,7,9H,5-6,8H2,1-2H3/t9-/m0/s1. The molecule has 5 heteroatoms. The molecule has 0 aliphatic carbocycles. The summed E-state index contributed by atoms with van der Waals surface area (Å²) in [5, 5.41) is 0. The smallest absolute Gasteiger partial charge is 0.255 e. The van der Waals surface area contributed by atoms with Crippen molar-refractivity contribution < 1.29 is 14.3 Å². The van der Waals surface area contributed by atoms with E-state index in [2.05, 4.69) is 22.6 Å². The third-order valence-corrected chi connectivity index (χ3v) is 3.83. The molecule has 1 heterocycles. The van der Waals surface area contributed by atoms with E-state index in [1.54, 1.807) is 7.11 Å². The van der Waals surface area contributed by atoms with Gasteiger partial charge in [0.2, 0.25) is 0 Å². The van der Waals surface area contributed by atoms with Crippen molar-refractivity contribution in [1.82, 2.24) is 4.90 Å². The predicted octanol–water partition coefficient (Wildman–Crippen LogP) is 2.16. The molecule has 98 valence electrons. The van der Waals surface area contributed by atoms with Gasteiger partial charge in [-0.25, -0.2) is 0 Å². The molecule has 0 radical (unpaired) electrons. The Balaban J connectivity index is 2.17. The maximum absolute atomic E-state index is 12.4. The highest BCUT2D eigenvalue weighted by atomic mass is 127. The summed E-state index contributed by atoms with van der Waals surface area (Å²) in [4.78, 5) is 14.2. The quantitative estimate of drug-likeness (QED) is 0.758. The van der Waals surface area contributed by atoms with Gasteiger partial charge in [0, 0.05) is 16.7 Å². The third-order valence-electron chi connectivity index (χ3n) is 2.93. The first kappa shape index (κ1) is 13.6. The molecule has 0 saturated carbocycles. The molecule has 4 nitrogen and oxygen atoms in total. The molecule has 1 aliphatic rings. The zero-order chi connectivity index (χ0) is 13.1. The van der Waals surface area contributed by atoms with Crippen LogP contribution in [0.3, 0.4) is 0 Å². The van der Waals surface area contributed by atoms with Gasteiger partial charge >= 0.3 is 0 Å². The van der Waals surface area contributed by atoms with E-state index in [0.29, 0.717) is 19.7 Å². The van der Waals surface area contributed by atoms with E-state index < -0.39 is 0 Å². The van der Waals surface area contributed by atoms with E-state index in [0.717, 1.165) is 14.9 Å². The van der Waals surface area contributed by atoms with Crippen LogP contribution in [0.2, 0.25) is 0 Å². The maximum atomic E-state index is 12.4. The Morgan fingerprint density at radius 1 is 1.56 bits per heavy atom. The van der Waals surface area contributed by atoms with Crippen LogP contribution >= 0.6 is 22.6 Å². The summed E-state index contributed by atoms with van der Waals surface area (Å²) < 4.78 is 11.5. The highest BCUT2D eigenvalue weighted by Gasteiger charge is 2.23. The van der Waals surface area contributed by atoms with Crippen molar-refractivity contribution in [3.05, 3.63) is 27.3 Å². The van der Waals surface area contributed by atoms with Crippen LogP contribution in [0.1, 0.15) is 17.3 Å². The zero-order valence-corrected chi connectivity index (χ0v) is 12.6. The number of nitrogens with zero attached hydrogens (tertiary/aromatic N) is 1. The van der Waals surface area contributed by atoms with Gasteiger partial charge in [-0.05, 0) is 47.7 Å². The van der Waals surface area contributed by atoms with Crippen molar-refractivity contribution in [2.24, 2.45) is 0 Å². The van der Waals surface area contributed by atoms with Crippen molar-refractivity contribution in [1.29, 1.82) is 0 Å².